The molecule has 0 aromatic heterocycles. The predicted molar refractivity (Wildman–Crippen MR) is 209 cm³/mol. The summed E-state index contributed by atoms with van der Waals surface area (Å²) in [7, 11) is 1.67. The van der Waals surface area contributed by atoms with Gasteiger partial charge in [-0.1, -0.05) is 27.7 Å². The van der Waals surface area contributed by atoms with E-state index in [1.807, 2.05) is 20.8 Å². The molecule has 0 saturated carbocycles. The predicted octanol–water partition coefficient (Wildman–Crippen LogP) is -0.536. The van der Waals surface area contributed by atoms with Gasteiger partial charge in [-0.3, -0.25) is 28.8 Å². The first kappa shape index (κ1) is 60.3. The minimum Gasteiger partial charge on any atom is -0.466 e. The molecule has 0 aromatic carbocycles. The summed E-state index contributed by atoms with van der Waals surface area (Å²) in [6, 6.07) is 0.663. The fourth-order valence-corrected chi connectivity index (χ4v) is 4.00. The van der Waals surface area contributed by atoms with E-state index >= 15 is 0 Å². The fourth-order valence-electron chi connectivity index (χ4n) is 4.00. The summed E-state index contributed by atoms with van der Waals surface area (Å²) in [5.41, 5.74) is 0. The zero-order chi connectivity index (χ0) is 44.3. The van der Waals surface area contributed by atoms with Crippen LogP contribution in [0.25, 0.3) is 0 Å². The quantitative estimate of drug-likeness (QED) is 0.0148. The molecule has 0 unspecified atom stereocenters. The van der Waals surface area contributed by atoms with Crippen LogP contribution in [-0.2, 0) is 57.2 Å². The van der Waals surface area contributed by atoms with Crippen molar-refractivity contribution in [3.63, 3.8) is 0 Å². The Hall–Kier alpha value is -3.34. The second-order valence-electron chi connectivity index (χ2n) is 11.9. The Morgan fingerprint density at radius 3 is 1.11 bits per heavy atom. The summed E-state index contributed by atoms with van der Waals surface area (Å²) in [5, 5.41) is 45.2. The van der Waals surface area contributed by atoms with E-state index in [0.29, 0.717) is 19.2 Å². The van der Waals surface area contributed by atoms with E-state index in [-0.39, 0.29) is 63.4 Å². The van der Waals surface area contributed by atoms with Crippen LogP contribution < -0.4 is 21.3 Å². The third-order valence-electron chi connectivity index (χ3n) is 7.23. The molecule has 0 saturated heterocycles. The Morgan fingerprint density at radius 2 is 0.789 bits per heavy atom. The number of rotatable bonds is 30. The number of methoxy groups -OCH3 is 1. The van der Waals surface area contributed by atoms with E-state index in [0.717, 1.165) is 45.3 Å². The topological polar surface area (TPSA) is 287 Å². The third-order valence-corrected chi connectivity index (χ3v) is 7.23. The maximum absolute atomic E-state index is 11.7. The number of aliphatic hydroxyl groups is 4. The molecule has 0 radical (unpaired) electrons. The van der Waals surface area contributed by atoms with E-state index < -0.39 is 56.3 Å². The molecule has 20 nitrogen and oxygen atoms in total. The summed E-state index contributed by atoms with van der Waals surface area (Å²) in [5.74, 6) is -3.84. The number of esters is 5. The van der Waals surface area contributed by atoms with Crippen molar-refractivity contribution in [2.24, 2.45) is 0 Å². The molecule has 338 valence electrons. The summed E-state index contributed by atoms with van der Waals surface area (Å²) in [6.45, 7) is 16.2. The van der Waals surface area contributed by atoms with E-state index in [1.54, 1.807) is 21.0 Å². The van der Waals surface area contributed by atoms with Crippen molar-refractivity contribution in [3.8, 4) is 0 Å². The van der Waals surface area contributed by atoms with Crippen molar-refractivity contribution in [2.45, 2.75) is 118 Å². The van der Waals surface area contributed by atoms with Crippen molar-refractivity contribution < 1.29 is 77.6 Å². The molecule has 0 aliphatic heterocycles. The SMILES string of the molecule is CCOC(=O)CC(=O)OCC.CC[C@@H](CO)NCCN[C@@H](CC)CO.CC[C@H](COC)NCCN[C@H](CC)COC(=O)CC(=O)OCOC(=O)CC(C)=O.OCO. The highest BCUT2D eigenvalue weighted by Crippen LogP contribution is 1.98. The van der Waals surface area contributed by atoms with Crippen molar-refractivity contribution in [1.29, 1.82) is 0 Å². The van der Waals surface area contributed by atoms with E-state index in [9.17, 15) is 28.8 Å². The van der Waals surface area contributed by atoms with Gasteiger partial charge in [-0.25, -0.2) is 0 Å². The number of Topliss-reactive ketones (excluding diaryl/α,β-unsaturated/α-hetero) is 1. The van der Waals surface area contributed by atoms with E-state index in [2.05, 4.69) is 47.1 Å². The Morgan fingerprint density at radius 1 is 0.474 bits per heavy atom. The summed E-state index contributed by atoms with van der Waals surface area (Å²) in [4.78, 5) is 66.3. The molecule has 8 N–H and O–H groups in total. The van der Waals surface area contributed by atoms with Gasteiger partial charge in [0, 0.05) is 57.5 Å². The standard InChI is InChI=1S/C19H34N2O8.C10H24N2O2.C7H12O4.CH4O2/c1-5-15(11-26-4)20-7-8-21-16(6-2)12-27-18(24)10-19(25)29-13-28-17(23)9-14(3)22;1-3-9(7-13)11-5-6-12-10(4-2)8-14;1-3-10-6(8)5-7(9)11-4-2;2-1-3/h15-16,20-21H,5-13H2,1-4H3;9-14H,3-8H2,1-2H3;3-5H2,1-2H3;2-3H,1H2/t15-,16-;9-,10-;;/m10../s1. The second-order valence-corrected chi connectivity index (χ2v) is 11.9. The molecule has 0 rings (SSSR count). The number of hydrogen-bond donors (Lipinski definition) is 8. The smallest absolute Gasteiger partial charge is 0.320 e. The highest BCUT2D eigenvalue weighted by molar-refractivity contribution is 5.94. The first-order valence-corrected chi connectivity index (χ1v) is 19.3. The van der Waals surface area contributed by atoms with Gasteiger partial charge in [-0.2, -0.15) is 0 Å². The molecular formula is C37H74N4O16. The van der Waals surface area contributed by atoms with Gasteiger partial charge in [0.15, 0.2) is 0 Å². The van der Waals surface area contributed by atoms with Gasteiger partial charge in [-0.05, 0) is 46.5 Å². The molecule has 0 bridgehead atoms. The van der Waals surface area contributed by atoms with E-state index in [4.69, 9.17) is 29.9 Å². The van der Waals surface area contributed by atoms with Crippen LogP contribution in [0.5, 0.6) is 0 Å². The van der Waals surface area contributed by atoms with Crippen LogP contribution in [0.2, 0.25) is 0 Å². The van der Waals surface area contributed by atoms with Gasteiger partial charge in [0.2, 0.25) is 6.79 Å². The first-order valence-electron chi connectivity index (χ1n) is 19.3. The first-order chi connectivity index (χ1) is 27.2. The average molecular weight is 831 g/mol. The average Bonchev–Trinajstić information content (AvgIpc) is 3.16. The largest absolute Gasteiger partial charge is 0.466 e. The summed E-state index contributed by atoms with van der Waals surface area (Å²) >= 11 is 0. The number of aliphatic hydroxyl groups excluding tert-OH is 3. The van der Waals surface area contributed by atoms with Gasteiger partial charge < -0.3 is 70.1 Å². The molecule has 0 aliphatic carbocycles. The van der Waals surface area contributed by atoms with Gasteiger partial charge in [0.05, 0.1) is 33.0 Å². The maximum atomic E-state index is 11.7. The Labute approximate surface area is 338 Å². The lowest BCUT2D eigenvalue weighted by Gasteiger charge is -2.19. The van der Waals surface area contributed by atoms with Gasteiger partial charge in [0.1, 0.15) is 38.4 Å². The van der Waals surface area contributed by atoms with Crippen LogP contribution in [0.3, 0.4) is 0 Å². The second kappa shape index (κ2) is 45.4. The number of carbonyl (C=O) groups excluding carboxylic acids is 6. The minimum atomic E-state index is -0.875. The fraction of sp³-hybridized carbons (Fsp3) is 0.838. The molecule has 0 fully saturated rings. The number of ketones is 1. The van der Waals surface area contributed by atoms with Crippen LogP contribution in [0, 0.1) is 0 Å². The molecule has 0 spiro atoms. The van der Waals surface area contributed by atoms with Gasteiger partial charge in [-0.15, -0.1) is 0 Å². The Kier molecular flexibility index (Phi) is 48.0. The monoisotopic (exact) mass is 831 g/mol. The zero-order valence-electron chi connectivity index (χ0n) is 35.4. The summed E-state index contributed by atoms with van der Waals surface area (Å²) in [6.07, 6.45) is 2.32. The molecule has 20 heteroatoms. The van der Waals surface area contributed by atoms with Crippen LogP contribution in [0.4, 0.5) is 0 Å². The Balaban J connectivity index is -0.000000413. The van der Waals surface area contributed by atoms with Crippen LogP contribution in [0.1, 0.15) is 93.4 Å². The van der Waals surface area contributed by atoms with Crippen molar-refractivity contribution in [2.75, 3.05) is 86.5 Å². The third kappa shape index (κ3) is 45.2. The molecule has 4 atom stereocenters. The van der Waals surface area contributed by atoms with Gasteiger partial charge in [0.25, 0.3) is 0 Å². The summed E-state index contributed by atoms with van der Waals surface area (Å²) < 4.78 is 28.4. The van der Waals surface area contributed by atoms with E-state index in [1.165, 1.54) is 6.92 Å². The number of hydrogen-bond acceptors (Lipinski definition) is 20. The maximum Gasteiger partial charge on any atom is 0.320 e. The molecule has 0 aromatic rings. The van der Waals surface area contributed by atoms with Crippen LogP contribution in [0.15, 0.2) is 0 Å². The molecule has 0 amide bonds. The molecule has 57 heavy (non-hydrogen) atoms. The van der Waals surface area contributed by atoms with Gasteiger partial charge >= 0.3 is 29.8 Å². The Bertz CT molecular complexity index is 971. The lowest BCUT2D eigenvalue weighted by molar-refractivity contribution is -0.169. The number of carbonyl (C=O) groups is 6. The van der Waals surface area contributed by atoms with Crippen molar-refractivity contribution >= 4 is 35.6 Å². The molecule has 0 aliphatic rings. The highest BCUT2D eigenvalue weighted by Gasteiger charge is 2.16. The van der Waals surface area contributed by atoms with Crippen LogP contribution in [-0.4, -0.2) is 167 Å². The van der Waals surface area contributed by atoms with Crippen molar-refractivity contribution in [1.82, 2.24) is 21.3 Å². The molecular weight excluding hydrogens is 756 g/mol. The lowest BCUT2D eigenvalue weighted by Crippen LogP contribution is -2.41. The normalized spacial score (nSPS) is 12.3. The lowest BCUT2D eigenvalue weighted by atomic mass is 10.2. The minimum absolute atomic E-state index is 0.0354. The van der Waals surface area contributed by atoms with Crippen LogP contribution >= 0.6 is 0 Å². The van der Waals surface area contributed by atoms with Crippen molar-refractivity contribution in [3.05, 3.63) is 0 Å². The highest BCUT2D eigenvalue weighted by atomic mass is 16.7. The zero-order valence-corrected chi connectivity index (χ0v) is 35.4. The number of nitrogens with one attached hydrogen (secondary N) is 4. The molecule has 0 heterocycles. The number of ether oxygens (including phenoxy) is 6.